The number of thiophene rings is 1. The van der Waals surface area contributed by atoms with E-state index in [1.807, 2.05) is 55.5 Å². The Hall–Kier alpha value is -3.98. The summed E-state index contributed by atoms with van der Waals surface area (Å²) >= 11 is 1.10. The van der Waals surface area contributed by atoms with Crippen LogP contribution in [0, 0.1) is 13.8 Å². The topological polar surface area (TPSA) is 99.5 Å². The van der Waals surface area contributed by atoms with Crippen molar-refractivity contribution in [3.8, 4) is 5.75 Å². The van der Waals surface area contributed by atoms with Crippen molar-refractivity contribution >= 4 is 39.1 Å². The van der Waals surface area contributed by atoms with E-state index < -0.39 is 5.97 Å². The average molecular weight is 520 g/mol. The highest BCUT2D eigenvalue weighted by Gasteiger charge is 2.21. The lowest BCUT2D eigenvalue weighted by Gasteiger charge is -2.16. The number of ether oxygens (including phenoxy) is 2. The molecular formula is C28H29N3O5S. The predicted octanol–water partition coefficient (Wildman–Crippen LogP) is 5.07. The van der Waals surface area contributed by atoms with Crippen molar-refractivity contribution in [3.63, 3.8) is 0 Å². The molecule has 9 heteroatoms. The molecule has 192 valence electrons. The zero-order valence-electron chi connectivity index (χ0n) is 21.2. The maximum absolute atomic E-state index is 13.2. The minimum absolute atomic E-state index is 0.0660. The smallest absolute Gasteiger partial charge is 0.348 e. The number of nitrogens with one attached hydrogen (secondary N) is 1. The summed E-state index contributed by atoms with van der Waals surface area (Å²) in [5.41, 5.74) is 2.85. The number of hydrogen-bond acceptors (Lipinski definition) is 7. The number of rotatable bonds is 9. The van der Waals surface area contributed by atoms with Crippen LogP contribution >= 0.6 is 11.3 Å². The quantitative estimate of drug-likeness (QED) is 0.245. The molecular weight excluding hydrogens is 490 g/mol. The van der Waals surface area contributed by atoms with Gasteiger partial charge in [-0.2, -0.15) is 0 Å². The van der Waals surface area contributed by atoms with E-state index in [4.69, 9.17) is 9.47 Å². The Labute approximate surface area is 218 Å². The highest BCUT2D eigenvalue weighted by Crippen LogP contribution is 2.28. The largest absolute Gasteiger partial charge is 0.490 e. The molecule has 0 aliphatic rings. The summed E-state index contributed by atoms with van der Waals surface area (Å²) in [7, 11) is 0. The SMILES string of the molecule is Cc1cccc(C(C)C)c1NC(=O)Cn1cnc2sc(C(=O)OCCOc3ccccc3)c(C)c2c1=O. The molecule has 8 nitrogen and oxygen atoms in total. The van der Waals surface area contributed by atoms with Crippen LogP contribution in [0.3, 0.4) is 0 Å². The number of fused-ring (bicyclic) bond motifs is 1. The predicted molar refractivity (Wildman–Crippen MR) is 145 cm³/mol. The van der Waals surface area contributed by atoms with Crippen LogP contribution in [0.4, 0.5) is 5.69 Å². The third-order valence-corrected chi connectivity index (χ3v) is 7.12. The molecule has 0 aliphatic heterocycles. The molecule has 37 heavy (non-hydrogen) atoms. The average Bonchev–Trinajstić information content (AvgIpc) is 3.22. The number of aromatic nitrogens is 2. The fraction of sp³-hybridized carbons (Fsp3) is 0.286. The molecule has 0 saturated heterocycles. The lowest BCUT2D eigenvalue weighted by molar-refractivity contribution is -0.116. The Kier molecular flexibility index (Phi) is 8.03. The second kappa shape index (κ2) is 11.4. The number of aryl methyl sites for hydroxylation is 2. The zero-order chi connectivity index (χ0) is 26.5. The molecule has 2 aromatic carbocycles. The van der Waals surface area contributed by atoms with E-state index >= 15 is 0 Å². The first-order valence-electron chi connectivity index (χ1n) is 12.0. The summed E-state index contributed by atoms with van der Waals surface area (Å²) in [4.78, 5) is 43.8. The van der Waals surface area contributed by atoms with Crippen LogP contribution in [-0.4, -0.2) is 34.6 Å². The molecule has 0 radical (unpaired) electrons. The van der Waals surface area contributed by atoms with Crippen molar-refractivity contribution in [1.82, 2.24) is 9.55 Å². The number of para-hydroxylation sites is 2. The van der Waals surface area contributed by atoms with Gasteiger partial charge in [0.15, 0.2) is 0 Å². The van der Waals surface area contributed by atoms with Gasteiger partial charge in [-0.25, -0.2) is 9.78 Å². The van der Waals surface area contributed by atoms with E-state index in [0.717, 1.165) is 28.2 Å². The molecule has 4 rings (SSSR count). The van der Waals surface area contributed by atoms with E-state index in [1.165, 1.54) is 10.9 Å². The van der Waals surface area contributed by atoms with Crippen LogP contribution in [0.2, 0.25) is 0 Å². The molecule has 0 saturated carbocycles. The van der Waals surface area contributed by atoms with Gasteiger partial charge in [-0.1, -0.05) is 50.2 Å². The van der Waals surface area contributed by atoms with Crippen LogP contribution in [0.1, 0.15) is 46.1 Å². The molecule has 4 aromatic rings. The fourth-order valence-electron chi connectivity index (χ4n) is 4.02. The van der Waals surface area contributed by atoms with Crippen LogP contribution in [-0.2, 0) is 16.1 Å². The van der Waals surface area contributed by atoms with Gasteiger partial charge in [0.1, 0.15) is 35.2 Å². The van der Waals surface area contributed by atoms with Crippen LogP contribution in [0.15, 0.2) is 59.7 Å². The molecule has 0 bridgehead atoms. The highest BCUT2D eigenvalue weighted by molar-refractivity contribution is 7.20. The van der Waals surface area contributed by atoms with Gasteiger partial charge in [0.2, 0.25) is 5.91 Å². The van der Waals surface area contributed by atoms with Crippen molar-refractivity contribution in [3.05, 3.63) is 86.8 Å². The molecule has 0 spiro atoms. The van der Waals surface area contributed by atoms with E-state index in [2.05, 4.69) is 24.1 Å². The lowest BCUT2D eigenvalue weighted by Crippen LogP contribution is -2.28. The van der Waals surface area contributed by atoms with Gasteiger partial charge in [-0.3, -0.25) is 14.2 Å². The van der Waals surface area contributed by atoms with Gasteiger partial charge in [0.05, 0.1) is 11.7 Å². The Morgan fingerprint density at radius 2 is 1.81 bits per heavy atom. The molecule has 0 atom stereocenters. The van der Waals surface area contributed by atoms with E-state index in [0.29, 0.717) is 26.4 Å². The Bertz CT molecular complexity index is 1490. The molecule has 1 amide bonds. The molecule has 1 N–H and O–H groups in total. The third-order valence-electron chi connectivity index (χ3n) is 5.94. The minimum atomic E-state index is -0.540. The van der Waals surface area contributed by atoms with Gasteiger partial charge >= 0.3 is 5.97 Å². The Morgan fingerprint density at radius 1 is 1.05 bits per heavy atom. The first-order valence-corrected chi connectivity index (χ1v) is 12.8. The standard InChI is InChI=1S/C28H29N3O5S/c1-17(2)21-12-8-9-18(3)24(21)30-22(32)15-31-16-29-26-23(27(31)33)19(4)25(37-26)28(34)36-14-13-35-20-10-6-5-7-11-20/h5-12,16-17H,13-15H2,1-4H3,(H,30,32). The van der Waals surface area contributed by atoms with Gasteiger partial charge in [0, 0.05) is 5.69 Å². The first kappa shape index (κ1) is 26.1. The third kappa shape index (κ3) is 5.89. The van der Waals surface area contributed by atoms with Gasteiger partial charge in [0.25, 0.3) is 5.56 Å². The van der Waals surface area contributed by atoms with Crippen molar-refractivity contribution in [1.29, 1.82) is 0 Å². The van der Waals surface area contributed by atoms with Gasteiger partial charge in [-0.15, -0.1) is 11.3 Å². The van der Waals surface area contributed by atoms with E-state index in [1.54, 1.807) is 6.92 Å². The summed E-state index contributed by atoms with van der Waals surface area (Å²) in [5, 5.41) is 3.26. The zero-order valence-corrected chi connectivity index (χ0v) is 22.1. The fourth-order valence-corrected chi connectivity index (χ4v) is 5.05. The summed E-state index contributed by atoms with van der Waals surface area (Å²) in [5.74, 6) is 0.0488. The minimum Gasteiger partial charge on any atom is -0.490 e. The monoisotopic (exact) mass is 519 g/mol. The second-order valence-electron chi connectivity index (χ2n) is 8.95. The van der Waals surface area contributed by atoms with Gasteiger partial charge < -0.3 is 14.8 Å². The number of anilines is 1. The number of amides is 1. The molecule has 2 aromatic heterocycles. The normalized spacial score (nSPS) is 11.1. The highest BCUT2D eigenvalue weighted by atomic mass is 32.1. The van der Waals surface area contributed by atoms with Gasteiger partial charge in [-0.05, 0) is 48.6 Å². The number of carbonyl (C=O) groups is 2. The summed E-state index contributed by atoms with van der Waals surface area (Å²) in [6.07, 6.45) is 1.34. The van der Waals surface area contributed by atoms with Crippen LogP contribution in [0.5, 0.6) is 5.75 Å². The van der Waals surface area contributed by atoms with E-state index in [-0.39, 0.29) is 37.1 Å². The van der Waals surface area contributed by atoms with Crippen molar-refractivity contribution in [2.45, 2.75) is 40.2 Å². The summed E-state index contributed by atoms with van der Waals surface area (Å²) in [6, 6.07) is 15.1. The molecule has 0 aliphatic carbocycles. The van der Waals surface area contributed by atoms with Crippen molar-refractivity contribution in [2.24, 2.45) is 0 Å². The maximum Gasteiger partial charge on any atom is 0.348 e. The van der Waals surface area contributed by atoms with Crippen LogP contribution in [0.25, 0.3) is 10.2 Å². The summed E-state index contributed by atoms with van der Waals surface area (Å²) < 4.78 is 12.2. The lowest BCUT2D eigenvalue weighted by atomic mass is 9.98. The Morgan fingerprint density at radius 3 is 2.54 bits per heavy atom. The Balaban J connectivity index is 1.46. The second-order valence-corrected chi connectivity index (χ2v) is 9.95. The number of hydrogen-bond donors (Lipinski definition) is 1. The molecule has 0 unspecified atom stereocenters. The van der Waals surface area contributed by atoms with Crippen molar-refractivity contribution < 1.29 is 19.1 Å². The van der Waals surface area contributed by atoms with Crippen molar-refractivity contribution in [2.75, 3.05) is 18.5 Å². The molecule has 0 fully saturated rings. The van der Waals surface area contributed by atoms with E-state index in [9.17, 15) is 14.4 Å². The first-order chi connectivity index (χ1) is 17.8. The summed E-state index contributed by atoms with van der Waals surface area (Å²) in [6.45, 7) is 7.82. The van der Waals surface area contributed by atoms with Crippen LogP contribution < -0.4 is 15.6 Å². The maximum atomic E-state index is 13.2. The number of benzene rings is 2. The number of carbonyl (C=O) groups excluding carboxylic acids is 2. The molecule has 2 heterocycles. The number of esters is 1. The number of nitrogens with zero attached hydrogens (tertiary/aromatic N) is 2.